The number of hydrogen-bond acceptors (Lipinski definition) is 5. The summed E-state index contributed by atoms with van der Waals surface area (Å²) in [6.45, 7) is 6.49. The lowest BCUT2D eigenvalue weighted by atomic mass is 9.97. The Morgan fingerprint density at radius 1 is 1.53 bits per heavy atom. The van der Waals surface area contributed by atoms with Crippen LogP contribution in [-0.4, -0.2) is 56.1 Å². The molecule has 0 aromatic rings. The Kier molecular flexibility index (Phi) is 5.58. The van der Waals surface area contributed by atoms with Crippen molar-refractivity contribution >= 4 is 11.8 Å². The molecule has 98 valence electrons. The minimum Gasteiger partial charge on any atom is -0.468 e. The van der Waals surface area contributed by atoms with Crippen LogP contribution in [0.15, 0.2) is 0 Å². The number of ketones is 1. The predicted molar refractivity (Wildman–Crippen MR) is 62.7 cm³/mol. The average molecular weight is 243 g/mol. The third-order valence-corrected chi connectivity index (χ3v) is 2.85. The van der Waals surface area contributed by atoms with E-state index in [9.17, 15) is 9.59 Å². The molecule has 0 unspecified atom stereocenters. The van der Waals surface area contributed by atoms with Gasteiger partial charge < -0.3 is 9.47 Å². The van der Waals surface area contributed by atoms with E-state index in [1.807, 2.05) is 13.8 Å². The van der Waals surface area contributed by atoms with Gasteiger partial charge in [-0.15, -0.1) is 0 Å². The first-order valence-corrected chi connectivity index (χ1v) is 5.99. The van der Waals surface area contributed by atoms with Crippen molar-refractivity contribution in [1.82, 2.24) is 4.90 Å². The number of carbonyl (C=O) groups is 2. The molecule has 0 spiro atoms. The summed E-state index contributed by atoms with van der Waals surface area (Å²) in [6.07, 6.45) is 0.624. The molecular weight excluding hydrogens is 222 g/mol. The Labute approximate surface area is 102 Å². The maximum absolute atomic E-state index is 11.6. The molecule has 0 aromatic carbocycles. The van der Waals surface area contributed by atoms with Crippen molar-refractivity contribution in [3.05, 3.63) is 0 Å². The van der Waals surface area contributed by atoms with E-state index in [1.165, 1.54) is 7.11 Å². The Hall–Kier alpha value is -0.940. The lowest BCUT2D eigenvalue weighted by molar-refractivity contribution is -0.152. The lowest BCUT2D eigenvalue weighted by Crippen LogP contribution is -2.45. The SMILES string of the molecule is COC(=O)[C@H]1CN(CCOC(C)C)CCC1=O. The number of esters is 1. The van der Waals surface area contributed by atoms with Gasteiger partial charge >= 0.3 is 5.97 Å². The minimum atomic E-state index is -0.618. The molecule has 17 heavy (non-hydrogen) atoms. The van der Waals surface area contributed by atoms with Gasteiger partial charge in [0.25, 0.3) is 0 Å². The number of likely N-dealkylation sites (tertiary alicyclic amines) is 1. The Balaban J connectivity index is 2.39. The second-order valence-corrected chi connectivity index (χ2v) is 4.51. The van der Waals surface area contributed by atoms with Gasteiger partial charge in [-0.3, -0.25) is 14.5 Å². The van der Waals surface area contributed by atoms with Crippen molar-refractivity contribution < 1.29 is 19.1 Å². The second-order valence-electron chi connectivity index (χ2n) is 4.51. The summed E-state index contributed by atoms with van der Waals surface area (Å²) < 4.78 is 10.1. The van der Waals surface area contributed by atoms with Crippen LogP contribution in [0.4, 0.5) is 0 Å². The van der Waals surface area contributed by atoms with E-state index in [0.717, 1.165) is 6.54 Å². The fourth-order valence-electron chi connectivity index (χ4n) is 1.86. The molecule has 0 N–H and O–H groups in total. The van der Waals surface area contributed by atoms with Crippen LogP contribution >= 0.6 is 0 Å². The highest BCUT2D eigenvalue weighted by atomic mass is 16.5. The maximum atomic E-state index is 11.6. The number of carbonyl (C=O) groups excluding carboxylic acids is 2. The number of nitrogens with zero attached hydrogens (tertiary/aromatic N) is 1. The monoisotopic (exact) mass is 243 g/mol. The van der Waals surface area contributed by atoms with Crippen LogP contribution in [0, 0.1) is 5.92 Å². The zero-order chi connectivity index (χ0) is 12.8. The normalized spacial score (nSPS) is 21.9. The zero-order valence-corrected chi connectivity index (χ0v) is 10.8. The van der Waals surface area contributed by atoms with Gasteiger partial charge in [-0.05, 0) is 13.8 Å². The maximum Gasteiger partial charge on any atom is 0.317 e. The van der Waals surface area contributed by atoms with Crippen LogP contribution in [0.25, 0.3) is 0 Å². The van der Waals surface area contributed by atoms with E-state index in [1.54, 1.807) is 0 Å². The molecule has 1 saturated heterocycles. The average Bonchev–Trinajstić information content (AvgIpc) is 2.30. The smallest absolute Gasteiger partial charge is 0.317 e. The number of piperidine rings is 1. The first-order valence-electron chi connectivity index (χ1n) is 5.99. The summed E-state index contributed by atoms with van der Waals surface area (Å²) in [6, 6.07) is 0. The number of rotatable bonds is 5. The molecule has 0 saturated carbocycles. The molecule has 1 heterocycles. The molecule has 1 rings (SSSR count). The molecule has 1 fully saturated rings. The first-order chi connectivity index (χ1) is 8.04. The summed E-state index contributed by atoms with van der Waals surface area (Å²) in [4.78, 5) is 25.0. The number of ether oxygens (including phenoxy) is 2. The van der Waals surface area contributed by atoms with Crippen molar-refractivity contribution in [3.63, 3.8) is 0 Å². The van der Waals surface area contributed by atoms with Gasteiger partial charge in [0, 0.05) is 26.1 Å². The van der Waals surface area contributed by atoms with Crippen LogP contribution < -0.4 is 0 Å². The minimum absolute atomic E-state index is 0.0159. The molecule has 5 heteroatoms. The predicted octanol–water partition coefficient (Wildman–Crippen LogP) is 0.475. The largest absolute Gasteiger partial charge is 0.468 e. The number of hydrogen-bond donors (Lipinski definition) is 0. The third-order valence-electron chi connectivity index (χ3n) is 2.85. The van der Waals surface area contributed by atoms with Crippen LogP contribution in [0.3, 0.4) is 0 Å². The van der Waals surface area contributed by atoms with E-state index in [2.05, 4.69) is 9.64 Å². The first kappa shape index (κ1) is 14.1. The van der Waals surface area contributed by atoms with E-state index < -0.39 is 11.9 Å². The molecule has 1 aliphatic rings. The fourth-order valence-corrected chi connectivity index (χ4v) is 1.86. The van der Waals surface area contributed by atoms with Crippen molar-refractivity contribution in [2.45, 2.75) is 26.4 Å². The quantitative estimate of drug-likeness (QED) is 0.519. The van der Waals surface area contributed by atoms with Crippen molar-refractivity contribution in [2.75, 3.05) is 33.4 Å². The second kappa shape index (κ2) is 6.71. The molecule has 1 atom stereocenters. The lowest BCUT2D eigenvalue weighted by Gasteiger charge is -2.30. The van der Waals surface area contributed by atoms with Crippen molar-refractivity contribution in [2.24, 2.45) is 5.92 Å². The van der Waals surface area contributed by atoms with Gasteiger partial charge in [0.2, 0.25) is 0 Å². The molecule has 0 amide bonds. The van der Waals surface area contributed by atoms with Gasteiger partial charge in [-0.25, -0.2) is 0 Å². The number of methoxy groups -OCH3 is 1. The van der Waals surface area contributed by atoms with Gasteiger partial charge in [0.15, 0.2) is 0 Å². The summed E-state index contributed by atoms with van der Waals surface area (Å²) in [5, 5.41) is 0. The highest BCUT2D eigenvalue weighted by Gasteiger charge is 2.33. The van der Waals surface area contributed by atoms with E-state index in [-0.39, 0.29) is 11.9 Å². The fraction of sp³-hybridized carbons (Fsp3) is 0.833. The van der Waals surface area contributed by atoms with E-state index in [0.29, 0.717) is 26.1 Å². The molecule has 0 aliphatic carbocycles. The van der Waals surface area contributed by atoms with Gasteiger partial charge in [-0.2, -0.15) is 0 Å². The molecule has 0 bridgehead atoms. The van der Waals surface area contributed by atoms with Crippen LogP contribution in [0.1, 0.15) is 20.3 Å². The van der Waals surface area contributed by atoms with Crippen LogP contribution in [-0.2, 0) is 19.1 Å². The van der Waals surface area contributed by atoms with Crippen LogP contribution in [0.2, 0.25) is 0 Å². The summed E-state index contributed by atoms with van der Waals surface area (Å²) in [5.74, 6) is -1.06. The Bertz CT molecular complexity index is 270. The van der Waals surface area contributed by atoms with Gasteiger partial charge in [-0.1, -0.05) is 0 Å². The number of Topliss-reactive ketones (excluding diaryl/α,β-unsaturated/α-hetero) is 1. The Morgan fingerprint density at radius 3 is 2.82 bits per heavy atom. The molecule has 0 aromatic heterocycles. The zero-order valence-electron chi connectivity index (χ0n) is 10.8. The molecule has 1 aliphatic heterocycles. The standard InChI is InChI=1S/C12H21NO4/c1-9(2)17-7-6-13-5-4-11(14)10(8-13)12(15)16-3/h9-10H,4-8H2,1-3H3/t10-/m0/s1. The van der Waals surface area contributed by atoms with E-state index in [4.69, 9.17) is 4.74 Å². The van der Waals surface area contributed by atoms with Gasteiger partial charge in [0.1, 0.15) is 11.7 Å². The topological polar surface area (TPSA) is 55.8 Å². The Morgan fingerprint density at radius 2 is 2.24 bits per heavy atom. The summed E-state index contributed by atoms with van der Waals surface area (Å²) in [7, 11) is 1.32. The van der Waals surface area contributed by atoms with Crippen molar-refractivity contribution in [3.8, 4) is 0 Å². The van der Waals surface area contributed by atoms with E-state index >= 15 is 0 Å². The highest BCUT2D eigenvalue weighted by molar-refractivity contribution is 5.99. The highest BCUT2D eigenvalue weighted by Crippen LogP contribution is 2.14. The summed E-state index contributed by atoms with van der Waals surface area (Å²) >= 11 is 0. The molecule has 0 radical (unpaired) electrons. The molecule has 5 nitrogen and oxygen atoms in total. The van der Waals surface area contributed by atoms with Crippen LogP contribution in [0.5, 0.6) is 0 Å². The summed E-state index contributed by atoms with van der Waals surface area (Å²) in [5.41, 5.74) is 0. The molecular formula is C12H21NO4. The third kappa shape index (κ3) is 4.44. The van der Waals surface area contributed by atoms with Crippen molar-refractivity contribution in [1.29, 1.82) is 0 Å². The van der Waals surface area contributed by atoms with Gasteiger partial charge in [0.05, 0.1) is 19.8 Å².